The van der Waals surface area contributed by atoms with Crippen LogP contribution in [0.2, 0.25) is 5.02 Å². The van der Waals surface area contributed by atoms with Gasteiger partial charge >= 0.3 is 0 Å². The van der Waals surface area contributed by atoms with Crippen LogP contribution < -0.4 is 11.1 Å². The summed E-state index contributed by atoms with van der Waals surface area (Å²) in [5.41, 5.74) is 7.37. The number of para-hydroxylation sites is 1. The van der Waals surface area contributed by atoms with Gasteiger partial charge in [0.05, 0.1) is 16.4 Å². The van der Waals surface area contributed by atoms with E-state index in [1.54, 1.807) is 29.0 Å². The molecule has 0 aliphatic carbocycles. The molecular formula is C13H14ClN3O. The zero-order valence-electron chi connectivity index (χ0n) is 9.98. The standard InChI is InChI=1S/C13H14ClN3O/c1-2-17-8-9(15)7-12(17)13(18)16-11-6-4-3-5-10(11)14/h3-8H,2,15H2,1H3,(H,16,18). The second-order valence-electron chi connectivity index (χ2n) is 3.88. The average Bonchev–Trinajstić information content (AvgIpc) is 2.73. The number of amides is 1. The highest BCUT2D eigenvalue weighted by Crippen LogP contribution is 2.21. The Balaban J connectivity index is 2.25. The molecule has 0 aliphatic rings. The Hall–Kier alpha value is -1.94. The molecule has 5 heteroatoms. The fourth-order valence-corrected chi connectivity index (χ4v) is 1.92. The second kappa shape index (κ2) is 5.14. The quantitative estimate of drug-likeness (QED) is 0.894. The van der Waals surface area contributed by atoms with Crippen LogP contribution in [-0.2, 0) is 6.54 Å². The summed E-state index contributed by atoms with van der Waals surface area (Å²) < 4.78 is 1.79. The van der Waals surface area contributed by atoms with Crippen LogP contribution in [0.15, 0.2) is 36.5 Å². The van der Waals surface area contributed by atoms with Gasteiger partial charge in [-0.25, -0.2) is 0 Å². The molecule has 0 saturated heterocycles. The fraction of sp³-hybridized carbons (Fsp3) is 0.154. The van der Waals surface area contributed by atoms with Crippen molar-refractivity contribution >= 4 is 28.9 Å². The number of carbonyl (C=O) groups is 1. The van der Waals surface area contributed by atoms with Gasteiger partial charge in [-0.1, -0.05) is 23.7 Å². The zero-order valence-corrected chi connectivity index (χ0v) is 10.7. The molecule has 1 amide bonds. The molecule has 18 heavy (non-hydrogen) atoms. The van der Waals surface area contributed by atoms with Crippen molar-refractivity contribution in [1.29, 1.82) is 0 Å². The van der Waals surface area contributed by atoms with E-state index in [-0.39, 0.29) is 5.91 Å². The third-order valence-corrected chi connectivity index (χ3v) is 2.94. The third-order valence-electron chi connectivity index (χ3n) is 2.61. The maximum Gasteiger partial charge on any atom is 0.272 e. The minimum atomic E-state index is -0.221. The van der Waals surface area contributed by atoms with Gasteiger partial charge in [0.1, 0.15) is 5.69 Å². The molecule has 94 valence electrons. The fourth-order valence-electron chi connectivity index (χ4n) is 1.73. The molecule has 1 aromatic carbocycles. The Morgan fingerprint density at radius 2 is 2.17 bits per heavy atom. The first-order valence-electron chi connectivity index (χ1n) is 5.63. The number of anilines is 2. The SMILES string of the molecule is CCn1cc(N)cc1C(=O)Nc1ccccc1Cl. The van der Waals surface area contributed by atoms with Crippen LogP contribution in [0.25, 0.3) is 0 Å². The number of benzene rings is 1. The molecule has 0 saturated carbocycles. The first-order valence-corrected chi connectivity index (χ1v) is 6.01. The van der Waals surface area contributed by atoms with E-state index in [4.69, 9.17) is 17.3 Å². The number of hydrogen-bond donors (Lipinski definition) is 2. The number of carbonyl (C=O) groups excluding carboxylic acids is 1. The maximum atomic E-state index is 12.1. The molecule has 1 heterocycles. The predicted molar refractivity (Wildman–Crippen MR) is 73.9 cm³/mol. The van der Waals surface area contributed by atoms with Crippen molar-refractivity contribution in [3.63, 3.8) is 0 Å². The van der Waals surface area contributed by atoms with Crippen molar-refractivity contribution in [2.75, 3.05) is 11.1 Å². The number of nitrogens with one attached hydrogen (secondary N) is 1. The summed E-state index contributed by atoms with van der Waals surface area (Å²) in [4.78, 5) is 12.1. The van der Waals surface area contributed by atoms with Crippen molar-refractivity contribution in [3.05, 3.63) is 47.2 Å². The van der Waals surface area contributed by atoms with E-state index in [0.29, 0.717) is 28.6 Å². The van der Waals surface area contributed by atoms with E-state index in [1.807, 2.05) is 19.1 Å². The first kappa shape index (κ1) is 12.5. The average molecular weight is 264 g/mol. The molecule has 2 rings (SSSR count). The van der Waals surface area contributed by atoms with Crippen LogP contribution in [0.5, 0.6) is 0 Å². The summed E-state index contributed by atoms with van der Waals surface area (Å²) in [5, 5.41) is 3.28. The second-order valence-corrected chi connectivity index (χ2v) is 4.29. The summed E-state index contributed by atoms with van der Waals surface area (Å²) in [5.74, 6) is -0.221. The summed E-state index contributed by atoms with van der Waals surface area (Å²) in [6.07, 6.45) is 1.74. The minimum absolute atomic E-state index is 0.221. The zero-order chi connectivity index (χ0) is 13.1. The number of nitrogens with two attached hydrogens (primary N) is 1. The Morgan fingerprint density at radius 1 is 1.44 bits per heavy atom. The van der Waals surface area contributed by atoms with Crippen molar-refractivity contribution in [2.24, 2.45) is 0 Å². The molecule has 2 aromatic rings. The highest BCUT2D eigenvalue weighted by Gasteiger charge is 2.13. The number of halogens is 1. The van der Waals surface area contributed by atoms with E-state index < -0.39 is 0 Å². The summed E-state index contributed by atoms with van der Waals surface area (Å²) >= 11 is 5.99. The third kappa shape index (κ3) is 2.49. The van der Waals surface area contributed by atoms with Crippen LogP contribution >= 0.6 is 11.6 Å². The van der Waals surface area contributed by atoms with E-state index in [9.17, 15) is 4.79 Å². The van der Waals surface area contributed by atoms with Crippen LogP contribution in [-0.4, -0.2) is 10.5 Å². The Morgan fingerprint density at radius 3 is 2.83 bits per heavy atom. The van der Waals surface area contributed by atoms with E-state index in [0.717, 1.165) is 0 Å². The van der Waals surface area contributed by atoms with Gasteiger partial charge in [0.15, 0.2) is 0 Å². The molecule has 0 aliphatic heterocycles. The van der Waals surface area contributed by atoms with Crippen LogP contribution in [0, 0.1) is 0 Å². The first-order chi connectivity index (χ1) is 8.61. The number of nitrogen functional groups attached to an aromatic ring is 1. The molecule has 0 atom stereocenters. The van der Waals surface area contributed by atoms with Gasteiger partial charge in [0.25, 0.3) is 5.91 Å². The minimum Gasteiger partial charge on any atom is -0.397 e. The van der Waals surface area contributed by atoms with Crippen LogP contribution in [0.1, 0.15) is 17.4 Å². The maximum absolute atomic E-state index is 12.1. The number of rotatable bonds is 3. The van der Waals surface area contributed by atoms with Crippen LogP contribution in [0.3, 0.4) is 0 Å². The van der Waals surface area contributed by atoms with E-state index in [2.05, 4.69) is 5.32 Å². The topological polar surface area (TPSA) is 60.0 Å². The number of aryl methyl sites for hydroxylation is 1. The lowest BCUT2D eigenvalue weighted by Crippen LogP contribution is -2.16. The molecule has 4 nitrogen and oxygen atoms in total. The molecular weight excluding hydrogens is 250 g/mol. The normalized spacial score (nSPS) is 10.3. The van der Waals surface area contributed by atoms with Gasteiger partial charge in [-0.3, -0.25) is 4.79 Å². The summed E-state index contributed by atoms with van der Waals surface area (Å²) in [6.45, 7) is 2.63. The Bertz CT molecular complexity index is 577. The van der Waals surface area contributed by atoms with Crippen LogP contribution in [0.4, 0.5) is 11.4 Å². The summed E-state index contributed by atoms with van der Waals surface area (Å²) in [6, 6.07) is 8.75. The van der Waals surface area contributed by atoms with Gasteiger partial charge < -0.3 is 15.6 Å². The largest absolute Gasteiger partial charge is 0.397 e. The lowest BCUT2D eigenvalue weighted by atomic mass is 10.3. The molecule has 0 unspecified atom stereocenters. The molecule has 0 radical (unpaired) electrons. The molecule has 0 fully saturated rings. The van der Waals surface area contributed by atoms with E-state index >= 15 is 0 Å². The Labute approximate surface area is 110 Å². The van der Waals surface area contributed by atoms with Gasteiger partial charge in [0, 0.05) is 12.7 Å². The highest BCUT2D eigenvalue weighted by atomic mass is 35.5. The van der Waals surface area contributed by atoms with Crippen molar-refractivity contribution < 1.29 is 4.79 Å². The number of aromatic nitrogens is 1. The molecule has 1 aromatic heterocycles. The van der Waals surface area contributed by atoms with Crippen molar-refractivity contribution in [3.8, 4) is 0 Å². The predicted octanol–water partition coefficient (Wildman–Crippen LogP) is 3.00. The van der Waals surface area contributed by atoms with Gasteiger partial charge in [-0.05, 0) is 25.1 Å². The summed E-state index contributed by atoms with van der Waals surface area (Å²) in [7, 11) is 0. The molecule has 0 bridgehead atoms. The smallest absolute Gasteiger partial charge is 0.272 e. The lowest BCUT2D eigenvalue weighted by molar-refractivity contribution is 0.101. The van der Waals surface area contributed by atoms with E-state index in [1.165, 1.54) is 0 Å². The lowest BCUT2D eigenvalue weighted by Gasteiger charge is -2.08. The monoisotopic (exact) mass is 263 g/mol. The molecule has 0 spiro atoms. The number of nitrogens with zero attached hydrogens (tertiary/aromatic N) is 1. The number of hydrogen-bond acceptors (Lipinski definition) is 2. The van der Waals surface area contributed by atoms with Crippen molar-refractivity contribution in [1.82, 2.24) is 4.57 Å². The van der Waals surface area contributed by atoms with Gasteiger partial charge in [-0.2, -0.15) is 0 Å². The Kier molecular flexibility index (Phi) is 3.58. The van der Waals surface area contributed by atoms with Crippen molar-refractivity contribution in [2.45, 2.75) is 13.5 Å². The van der Waals surface area contributed by atoms with Gasteiger partial charge in [-0.15, -0.1) is 0 Å². The molecule has 3 N–H and O–H groups in total. The van der Waals surface area contributed by atoms with Gasteiger partial charge in [0.2, 0.25) is 0 Å². The highest BCUT2D eigenvalue weighted by molar-refractivity contribution is 6.33.